The Hall–Kier alpha value is -1.34. The van der Waals surface area contributed by atoms with E-state index in [1.807, 2.05) is 0 Å². The molecular formula is C14H25NO5S. The summed E-state index contributed by atoms with van der Waals surface area (Å²) in [5.41, 5.74) is 0. The molecule has 0 aromatic carbocycles. The molecule has 0 aliphatic carbocycles. The van der Waals surface area contributed by atoms with Crippen LogP contribution in [0.15, 0.2) is 12.2 Å². The molecule has 0 fully saturated rings. The van der Waals surface area contributed by atoms with Gasteiger partial charge in [-0.25, -0.2) is 4.79 Å². The third-order valence-corrected chi connectivity index (χ3v) is 2.74. The maximum Gasteiger partial charge on any atom is 0.327 e. The maximum atomic E-state index is 10.3. The van der Waals surface area contributed by atoms with E-state index in [2.05, 4.69) is 24.9 Å². The SMILES string of the molecule is CC(=O)N[C@@H](CS)C(=O)O.CCCCCC(O)/C=C/C=O. The molecule has 0 heterocycles. The molecule has 0 rings (SSSR count). The lowest BCUT2D eigenvalue weighted by Crippen LogP contribution is -2.40. The van der Waals surface area contributed by atoms with Gasteiger partial charge in [-0.05, 0) is 12.5 Å². The summed E-state index contributed by atoms with van der Waals surface area (Å²) in [6, 6.07) is -0.874. The fourth-order valence-electron chi connectivity index (χ4n) is 1.30. The van der Waals surface area contributed by atoms with Crippen LogP contribution in [0.2, 0.25) is 0 Å². The number of carbonyl (C=O) groups is 3. The van der Waals surface area contributed by atoms with Crippen LogP contribution in [-0.2, 0) is 14.4 Å². The highest BCUT2D eigenvalue weighted by Gasteiger charge is 2.15. The van der Waals surface area contributed by atoms with Gasteiger partial charge in [0.05, 0.1) is 6.10 Å². The van der Waals surface area contributed by atoms with Crippen LogP contribution in [0.3, 0.4) is 0 Å². The zero-order chi connectivity index (χ0) is 16.7. The minimum Gasteiger partial charge on any atom is -0.480 e. The molecule has 0 aromatic rings. The number of aliphatic hydroxyl groups is 1. The van der Waals surface area contributed by atoms with E-state index in [0.717, 1.165) is 25.7 Å². The van der Waals surface area contributed by atoms with Gasteiger partial charge in [-0.15, -0.1) is 0 Å². The van der Waals surface area contributed by atoms with Crippen molar-refractivity contribution in [2.45, 2.75) is 51.7 Å². The van der Waals surface area contributed by atoms with E-state index in [1.165, 1.54) is 19.1 Å². The molecule has 3 N–H and O–H groups in total. The van der Waals surface area contributed by atoms with Crippen molar-refractivity contribution >= 4 is 30.8 Å². The van der Waals surface area contributed by atoms with Crippen molar-refractivity contribution in [1.29, 1.82) is 0 Å². The molecule has 21 heavy (non-hydrogen) atoms. The van der Waals surface area contributed by atoms with Gasteiger partial charge in [-0.1, -0.05) is 32.3 Å². The lowest BCUT2D eigenvalue weighted by atomic mass is 10.1. The molecule has 0 aliphatic rings. The molecule has 0 saturated carbocycles. The Morgan fingerprint density at radius 1 is 1.33 bits per heavy atom. The number of carboxylic acids is 1. The lowest BCUT2D eigenvalue weighted by Gasteiger charge is -2.08. The van der Waals surface area contributed by atoms with Crippen molar-refractivity contribution in [2.24, 2.45) is 0 Å². The van der Waals surface area contributed by atoms with E-state index in [0.29, 0.717) is 6.29 Å². The minimum absolute atomic E-state index is 0.106. The number of allylic oxidation sites excluding steroid dienone is 1. The van der Waals surface area contributed by atoms with Crippen LogP contribution in [0.1, 0.15) is 39.5 Å². The van der Waals surface area contributed by atoms with Crippen LogP contribution in [0, 0.1) is 0 Å². The summed E-state index contributed by atoms with van der Waals surface area (Å²) >= 11 is 3.73. The number of carbonyl (C=O) groups excluding carboxylic acids is 2. The first-order chi connectivity index (χ1) is 9.88. The van der Waals surface area contributed by atoms with Crippen molar-refractivity contribution in [1.82, 2.24) is 5.32 Å². The summed E-state index contributed by atoms with van der Waals surface area (Å²) in [6.45, 7) is 3.38. The Kier molecular flexibility index (Phi) is 15.7. The number of carboxylic acid groups (broad SMARTS) is 1. The highest BCUT2D eigenvalue weighted by Crippen LogP contribution is 2.03. The molecule has 6 nitrogen and oxygen atoms in total. The van der Waals surface area contributed by atoms with Crippen molar-refractivity contribution in [3.8, 4) is 0 Å². The molecule has 0 aliphatic heterocycles. The van der Waals surface area contributed by atoms with Gasteiger partial charge < -0.3 is 15.5 Å². The van der Waals surface area contributed by atoms with Crippen LogP contribution in [0.4, 0.5) is 0 Å². The third-order valence-electron chi connectivity index (χ3n) is 2.37. The Balaban J connectivity index is 0. The van der Waals surface area contributed by atoms with E-state index in [9.17, 15) is 14.4 Å². The van der Waals surface area contributed by atoms with Gasteiger partial charge in [0.25, 0.3) is 0 Å². The first-order valence-corrected chi connectivity index (χ1v) is 7.43. The van der Waals surface area contributed by atoms with E-state index in [4.69, 9.17) is 10.2 Å². The summed E-state index contributed by atoms with van der Waals surface area (Å²) in [7, 11) is 0. The lowest BCUT2D eigenvalue weighted by molar-refractivity contribution is -0.140. The van der Waals surface area contributed by atoms with Crippen LogP contribution in [0.25, 0.3) is 0 Å². The predicted molar refractivity (Wildman–Crippen MR) is 84.4 cm³/mol. The number of unbranched alkanes of at least 4 members (excludes halogenated alkanes) is 2. The van der Waals surface area contributed by atoms with Gasteiger partial charge in [0.2, 0.25) is 5.91 Å². The summed E-state index contributed by atoms with van der Waals surface area (Å²) in [5, 5.41) is 19.7. The zero-order valence-electron chi connectivity index (χ0n) is 12.5. The number of aliphatic carboxylic acids is 1. The summed E-state index contributed by atoms with van der Waals surface area (Å²) < 4.78 is 0. The van der Waals surface area contributed by atoms with E-state index in [1.54, 1.807) is 0 Å². The molecule has 1 amide bonds. The number of thiol groups is 1. The normalized spacial score (nSPS) is 13.0. The number of amides is 1. The van der Waals surface area contributed by atoms with Crippen molar-refractivity contribution in [3.63, 3.8) is 0 Å². The van der Waals surface area contributed by atoms with Crippen molar-refractivity contribution < 1.29 is 24.6 Å². The molecule has 2 atom stereocenters. The molecule has 0 bridgehead atoms. The second kappa shape index (κ2) is 15.1. The highest BCUT2D eigenvalue weighted by atomic mass is 32.1. The van der Waals surface area contributed by atoms with E-state index >= 15 is 0 Å². The number of aldehydes is 1. The molecule has 0 radical (unpaired) electrons. The van der Waals surface area contributed by atoms with Crippen LogP contribution in [0.5, 0.6) is 0 Å². The average molecular weight is 319 g/mol. The van der Waals surface area contributed by atoms with E-state index < -0.39 is 18.1 Å². The zero-order valence-corrected chi connectivity index (χ0v) is 13.4. The second-order valence-corrected chi connectivity index (χ2v) is 4.72. The van der Waals surface area contributed by atoms with Crippen LogP contribution >= 0.6 is 12.6 Å². The average Bonchev–Trinajstić information content (AvgIpc) is 2.43. The highest BCUT2D eigenvalue weighted by molar-refractivity contribution is 7.80. The van der Waals surface area contributed by atoms with E-state index in [-0.39, 0.29) is 11.7 Å². The number of hydrogen-bond acceptors (Lipinski definition) is 5. The maximum absolute atomic E-state index is 10.3. The number of aliphatic hydroxyl groups excluding tert-OH is 1. The smallest absolute Gasteiger partial charge is 0.327 e. The molecule has 0 spiro atoms. The quantitative estimate of drug-likeness (QED) is 0.221. The molecule has 122 valence electrons. The molecule has 0 aromatic heterocycles. The van der Waals surface area contributed by atoms with Gasteiger partial charge in [0, 0.05) is 12.7 Å². The monoisotopic (exact) mass is 319 g/mol. The Morgan fingerprint density at radius 3 is 2.29 bits per heavy atom. The summed E-state index contributed by atoms with van der Waals surface area (Å²) in [5.74, 6) is -1.32. The van der Waals surface area contributed by atoms with Gasteiger partial charge in [0.15, 0.2) is 0 Å². The van der Waals surface area contributed by atoms with Crippen molar-refractivity contribution in [2.75, 3.05) is 5.75 Å². The molecule has 7 heteroatoms. The number of rotatable bonds is 9. The first-order valence-electron chi connectivity index (χ1n) is 6.79. The number of nitrogens with one attached hydrogen (secondary N) is 1. The molecule has 1 unspecified atom stereocenters. The van der Waals surface area contributed by atoms with Crippen molar-refractivity contribution in [3.05, 3.63) is 12.2 Å². The first kappa shape index (κ1) is 21.9. The Labute approximate surface area is 131 Å². The second-order valence-electron chi connectivity index (χ2n) is 4.36. The van der Waals surface area contributed by atoms with Gasteiger partial charge >= 0.3 is 5.97 Å². The van der Waals surface area contributed by atoms with Crippen LogP contribution < -0.4 is 5.32 Å². The fraction of sp³-hybridized carbons (Fsp3) is 0.643. The standard InChI is InChI=1S/C9H16O2.C5H9NO3S/c1-2-3-4-6-9(11)7-5-8-10;1-3(7)6-4(2-10)5(8)9/h5,7-9,11H,2-4,6H2,1H3;4,10H,2H2,1H3,(H,6,7)(H,8,9)/b7-5+;/t;4-/m.0/s1. The Morgan fingerprint density at radius 2 is 1.95 bits per heavy atom. The molecule has 0 saturated heterocycles. The van der Waals surface area contributed by atoms with Gasteiger partial charge in [0.1, 0.15) is 12.3 Å². The molecular weight excluding hydrogens is 294 g/mol. The van der Waals surface area contributed by atoms with Gasteiger partial charge in [-0.3, -0.25) is 9.59 Å². The Bertz CT molecular complexity index is 333. The summed E-state index contributed by atoms with van der Waals surface area (Å²) in [6.07, 6.45) is 7.21. The third kappa shape index (κ3) is 16.6. The topological polar surface area (TPSA) is 104 Å². The van der Waals surface area contributed by atoms with Crippen LogP contribution in [-0.4, -0.2) is 46.3 Å². The number of hydrogen-bond donors (Lipinski definition) is 4. The minimum atomic E-state index is -1.06. The largest absolute Gasteiger partial charge is 0.480 e. The summed E-state index contributed by atoms with van der Waals surface area (Å²) in [4.78, 5) is 30.4. The fourth-order valence-corrected chi connectivity index (χ4v) is 1.55. The predicted octanol–water partition coefficient (Wildman–Crippen LogP) is 1.19. The van der Waals surface area contributed by atoms with Gasteiger partial charge in [-0.2, -0.15) is 12.6 Å².